The lowest BCUT2D eigenvalue weighted by molar-refractivity contribution is -0.0254. The minimum atomic E-state index is -0.815. The molecule has 0 aromatic heterocycles. The Balaban J connectivity index is 1.37. The molecule has 5 nitrogen and oxygen atoms in total. The molecule has 198 valence electrons. The van der Waals surface area contributed by atoms with Crippen molar-refractivity contribution in [3.05, 3.63) is 105 Å². The molecule has 1 amide bonds. The van der Waals surface area contributed by atoms with Crippen molar-refractivity contribution in [3.63, 3.8) is 0 Å². The zero-order valence-electron chi connectivity index (χ0n) is 21.2. The molecule has 1 fully saturated rings. The molecule has 3 aromatic carbocycles. The number of carbonyl (C=O) groups is 1. The van der Waals surface area contributed by atoms with E-state index in [0.29, 0.717) is 36.4 Å². The second-order valence-electron chi connectivity index (χ2n) is 10.0. The van der Waals surface area contributed by atoms with E-state index in [1.807, 2.05) is 60.7 Å². The summed E-state index contributed by atoms with van der Waals surface area (Å²) in [4.78, 5) is 17.8. The summed E-state index contributed by atoms with van der Waals surface area (Å²) in [5.74, 6) is -0.0469. The standard InChI is InChI=1S/C31H32BrClN2O3/c32-23-10-13-27-25(26-5-1-2-6-28(26)30(37)35(17-4-20-36)29(27)21-23)7-3-16-34-18-14-31(38,15-19-34)22-8-11-24(33)12-9-22/h1-2,5-13,21,36,38H,3-4,14-20H2/b25-7+. The van der Waals surface area contributed by atoms with Gasteiger partial charge in [-0.25, -0.2) is 0 Å². The van der Waals surface area contributed by atoms with Gasteiger partial charge in [0.2, 0.25) is 0 Å². The molecule has 0 spiro atoms. The van der Waals surface area contributed by atoms with Crippen LogP contribution in [-0.4, -0.2) is 53.8 Å². The monoisotopic (exact) mass is 594 g/mol. The van der Waals surface area contributed by atoms with Crippen molar-refractivity contribution < 1.29 is 15.0 Å². The number of halogens is 2. The van der Waals surface area contributed by atoms with Gasteiger partial charge in [-0.15, -0.1) is 0 Å². The van der Waals surface area contributed by atoms with Crippen LogP contribution in [0.15, 0.2) is 77.3 Å². The first kappa shape index (κ1) is 27.1. The third kappa shape index (κ3) is 5.61. The summed E-state index contributed by atoms with van der Waals surface area (Å²) in [7, 11) is 0. The molecule has 0 aliphatic carbocycles. The van der Waals surface area contributed by atoms with Gasteiger partial charge < -0.3 is 20.0 Å². The lowest BCUT2D eigenvalue weighted by Crippen LogP contribution is -2.42. The van der Waals surface area contributed by atoms with Gasteiger partial charge in [-0.05, 0) is 72.7 Å². The average Bonchev–Trinajstić information content (AvgIpc) is 3.02. The maximum Gasteiger partial charge on any atom is 0.258 e. The number of fused-ring (bicyclic) bond motifs is 2. The molecule has 0 bridgehead atoms. The number of aliphatic hydroxyl groups is 2. The van der Waals surface area contributed by atoms with E-state index in [1.54, 1.807) is 4.90 Å². The summed E-state index contributed by atoms with van der Waals surface area (Å²) in [6.07, 6.45) is 4.94. The highest BCUT2D eigenvalue weighted by Crippen LogP contribution is 2.40. The zero-order valence-corrected chi connectivity index (χ0v) is 23.6. The Labute approximate surface area is 237 Å². The van der Waals surface area contributed by atoms with Crippen molar-refractivity contribution in [1.82, 2.24) is 4.90 Å². The molecule has 2 aliphatic heterocycles. The predicted molar refractivity (Wildman–Crippen MR) is 157 cm³/mol. The fourth-order valence-electron chi connectivity index (χ4n) is 5.52. The van der Waals surface area contributed by atoms with E-state index < -0.39 is 5.60 Å². The van der Waals surface area contributed by atoms with E-state index in [0.717, 1.165) is 58.5 Å². The van der Waals surface area contributed by atoms with E-state index >= 15 is 0 Å². The Bertz CT molecular complexity index is 1330. The topological polar surface area (TPSA) is 64.0 Å². The van der Waals surface area contributed by atoms with Crippen LogP contribution in [0.4, 0.5) is 5.69 Å². The maximum atomic E-state index is 13.6. The van der Waals surface area contributed by atoms with Crippen molar-refractivity contribution in [2.45, 2.75) is 31.3 Å². The first-order valence-corrected chi connectivity index (χ1v) is 14.3. The largest absolute Gasteiger partial charge is 0.396 e. The maximum absolute atomic E-state index is 13.6. The lowest BCUT2D eigenvalue weighted by atomic mass is 9.84. The van der Waals surface area contributed by atoms with Gasteiger partial charge in [0.1, 0.15) is 0 Å². The quantitative estimate of drug-likeness (QED) is 0.339. The van der Waals surface area contributed by atoms with Crippen LogP contribution in [0.25, 0.3) is 5.57 Å². The molecule has 5 rings (SSSR count). The number of amides is 1. The highest BCUT2D eigenvalue weighted by Gasteiger charge is 2.34. The molecule has 0 saturated carbocycles. The van der Waals surface area contributed by atoms with Gasteiger partial charge >= 0.3 is 0 Å². The molecule has 3 aromatic rings. The van der Waals surface area contributed by atoms with Crippen LogP contribution in [-0.2, 0) is 5.60 Å². The molecule has 38 heavy (non-hydrogen) atoms. The molecule has 1 saturated heterocycles. The van der Waals surface area contributed by atoms with Crippen molar-refractivity contribution in [3.8, 4) is 0 Å². The summed E-state index contributed by atoms with van der Waals surface area (Å²) in [5, 5.41) is 21.4. The second kappa shape index (κ2) is 11.7. The predicted octanol–water partition coefficient (Wildman–Crippen LogP) is 6.25. The summed E-state index contributed by atoms with van der Waals surface area (Å²) >= 11 is 9.61. The number of likely N-dealkylation sites (tertiary alicyclic amines) is 1. The number of rotatable bonds is 7. The number of anilines is 1. The Kier molecular flexibility index (Phi) is 8.36. The van der Waals surface area contributed by atoms with E-state index in [9.17, 15) is 15.0 Å². The number of hydrogen-bond acceptors (Lipinski definition) is 4. The molecular weight excluding hydrogens is 564 g/mol. The third-order valence-corrected chi connectivity index (χ3v) is 8.38. The van der Waals surface area contributed by atoms with Crippen molar-refractivity contribution in [2.75, 3.05) is 37.7 Å². The van der Waals surface area contributed by atoms with E-state index in [4.69, 9.17) is 11.6 Å². The first-order valence-electron chi connectivity index (χ1n) is 13.1. The Hall–Kier alpha value is -2.48. The van der Waals surface area contributed by atoms with Crippen LogP contribution < -0.4 is 4.90 Å². The summed E-state index contributed by atoms with van der Waals surface area (Å²) in [5.41, 5.74) is 4.64. The zero-order chi connectivity index (χ0) is 26.7. The minimum Gasteiger partial charge on any atom is -0.396 e. The number of aliphatic hydroxyl groups excluding tert-OH is 1. The summed E-state index contributed by atoms with van der Waals surface area (Å²) in [6, 6.07) is 21.4. The molecule has 2 N–H and O–H groups in total. The molecule has 2 heterocycles. The lowest BCUT2D eigenvalue weighted by Gasteiger charge is -2.38. The normalized spacial score (nSPS) is 18.3. The molecule has 7 heteroatoms. The fourth-order valence-corrected chi connectivity index (χ4v) is 5.99. The highest BCUT2D eigenvalue weighted by atomic mass is 79.9. The Morgan fingerprint density at radius 3 is 2.37 bits per heavy atom. The number of carbonyl (C=O) groups excluding carboxylic acids is 1. The van der Waals surface area contributed by atoms with Gasteiger partial charge in [-0.2, -0.15) is 0 Å². The molecule has 0 unspecified atom stereocenters. The smallest absolute Gasteiger partial charge is 0.258 e. The van der Waals surface area contributed by atoms with Gasteiger partial charge in [0.25, 0.3) is 5.91 Å². The summed E-state index contributed by atoms with van der Waals surface area (Å²) < 4.78 is 0.907. The number of benzene rings is 3. The molecule has 0 atom stereocenters. The second-order valence-corrected chi connectivity index (χ2v) is 11.4. The van der Waals surface area contributed by atoms with Crippen LogP contribution in [0.2, 0.25) is 5.02 Å². The number of piperidine rings is 1. The first-order chi connectivity index (χ1) is 18.4. The van der Waals surface area contributed by atoms with Crippen LogP contribution >= 0.6 is 27.5 Å². The third-order valence-electron chi connectivity index (χ3n) is 7.63. The van der Waals surface area contributed by atoms with Crippen molar-refractivity contribution in [1.29, 1.82) is 0 Å². The molecule has 0 radical (unpaired) electrons. The van der Waals surface area contributed by atoms with Crippen LogP contribution in [0, 0.1) is 0 Å². The molecule has 2 aliphatic rings. The van der Waals surface area contributed by atoms with Crippen molar-refractivity contribution >= 4 is 44.7 Å². The fraction of sp³-hybridized carbons (Fsp3) is 0.323. The Morgan fingerprint density at radius 1 is 0.947 bits per heavy atom. The van der Waals surface area contributed by atoms with E-state index in [-0.39, 0.29) is 12.5 Å². The number of nitrogens with zero attached hydrogens (tertiary/aromatic N) is 2. The molecular formula is C31H32BrClN2O3. The minimum absolute atomic E-state index is 0.0282. The van der Waals surface area contributed by atoms with Crippen molar-refractivity contribution in [2.24, 2.45) is 0 Å². The van der Waals surface area contributed by atoms with Gasteiger partial charge in [-0.3, -0.25) is 4.79 Å². The van der Waals surface area contributed by atoms with Gasteiger partial charge in [0, 0.05) is 53.4 Å². The van der Waals surface area contributed by atoms with Gasteiger partial charge in [-0.1, -0.05) is 70.0 Å². The summed E-state index contributed by atoms with van der Waals surface area (Å²) in [6.45, 7) is 2.98. The van der Waals surface area contributed by atoms with Gasteiger partial charge in [0.05, 0.1) is 11.3 Å². The van der Waals surface area contributed by atoms with Gasteiger partial charge in [0.15, 0.2) is 0 Å². The van der Waals surface area contributed by atoms with Crippen LogP contribution in [0.5, 0.6) is 0 Å². The van der Waals surface area contributed by atoms with E-state index in [2.05, 4.69) is 33.0 Å². The Morgan fingerprint density at radius 2 is 1.66 bits per heavy atom. The average molecular weight is 596 g/mol. The SMILES string of the molecule is O=C1c2ccccc2/C(=C\CCN2CCC(O)(c3ccc(Cl)cc3)CC2)c2ccc(Br)cc2N1CCCO. The van der Waals surface area contributed by atoms with Crippen LogP contribution in [0.3, 0.4) is 0 Å². The highest BCUT2D eigenvalue weighted by molar-refractivity contribution is 9.10. The van der Waals surface area contributed by atoms with Crippen LogP contribution in [0.1, 0.15) is 52.7 Å². The van der Waals surface area contributed by atoms with E-state index in [1.165, 1.54) is 0 Å². The number of hydrogen-bond donors (Lipinski definition) is 2.